The van der Waals surface area contributed by atoms with E-state index in [2.05, 4.69) is 39.7 Å². The standard InChI is InChI=1S/C14H23N5S/c1-3-11-10-18(7-6-17(11)2)13-12(4-5-15)19-8-9-20-14(19)16-13/h8-9,11H,3-7,10,15H2,1-2H3. The van der Waals surface area contributed by atoms with Crippen LogP contribution in [0.5, 0.6) is 0 Å². The Morgan fingerprint density at radius 2 is 2.30 bits per heavy atom. The minimum atomic E-state index is 0.620. The van der Waals surface area contributed by atoms with Crippen LogP contribution in [-0.2, 0) is 6.42 Å². The molecule has 1 aliphatic rings. The molecule has 1 atom stereocenters. The van der Waals surface area contributed by atoms with Gasteiger partial charge in [0.2, 0.25) is 0 Å². The molecule has 0 radical (unpaired) electrons. The predicted molar refractivity (Wildman–Crippen MR) is 84.7 cm³/mol. The average molecular weight is 293 g/mol. The number of fused-ring (bicyclic) bond motifs is 1. The highest BCUT2D eigenvalue weighted by Crippen LogP contribution is 2.27. The van der Waals surface area contributed by atoms with Crippen molar-refractivity contribution in [3.05, 3.63) is 17.3 Å². The fourth-order valence-electron chi connectivity index (χ4n) is 3.02. The predicted octanol–water partition coefficient (Wildman–Crippen LogP) is 1.43. The summed E-state index contributed by atoms with van der Waals surface area (Å²) in [6.07, 6.45) is 4.17. The van der Waals surface area contributed by atoms with Crippen molar-refractivity contribution in [2.24, 2.45) is 5.73 Å². The molecular formula is C14H23N5S. The average Bonchev–Trinajstić information content (AvgIpc) is 3.02. The molecule has 0 aliphatic carbocycles. The minimum absolute atomic E-state index is 0.620. The summed E-state index contributed by atoms with van der Waals surface area (Å²) in [5.41, 5.74) is 7.06. The Bertz CT molecular complexity index is 575. The molecule has 0 amide bonds. The second-order valence-electron chi connectivity index (χ2n) is 5.47. The van der Waals surface area contributed by atoms with Crippen molar-refractivity contribution >= 4 is 22.1 Å². The molecule has 1 unspecified atom stereocenters. The first-order valence-corrected chi connectivity index (χ1v) is 8.22. The van der Waals surface area contributed by atoms with Gasteiger partial charge in [-0.3, -0.25) is 9.30 Å². The van der Waals surface area contributed by atoms with Gasteiger partial charge >= 0.3 is 0 Å². The quantitative estimate of drug-likeness (QED) is 0.926. The van der Waals surface area contributed by atoms with Gasteiger partial charge in [0.25, 0.3) is 0 Å². The highest BCUT2D eigenvalue weighted by molar-refractivity contribution is 7.15. The molecule has 0 aromatic carbocycles. The molecule has 5 nitrogen and oxygen atoms in total. The van der Waals surface area contributed by atoms with Crippen molar-refractivity contribution in [2.45, 2.75) is 25.8 Å². The fourth-order valence-corrected chi connectivity index (χ4v) is 3.75. The van der Waals surface area contributed by atoms with E-state index in [0.717, 1.165) is 36.8 Å². The molecule has 0 bridgehead atoms. The van der Waals surface area contributed by atoms with Gasteiger partial charge in [-0.15, -0.1) is 11.3 Å². The lowest BCUT2D eigenvalue weighted by atomic mass is 10.1. The van der Waals surface area contributed by atoms with Gasteiger partial charge in [0.1, 0.15) is 0 Å². The Morgan fingerprint density at radius 3 is 3.05 bits per heavy atom. The normalized spacial score (nSPS) is 20.9. The van der Waals surface area contributed by atoms with E-state index in [1.54, 1.807) is 11.3 Å². The van der Waals surface area contributed by atoms with Crippen LogP contribution in [0.25, 0.3) is 4.96 Å². The Morgan fingerprint density at radius 1 is 1.45 bits per heavy atom. The number of thiazole rings is 1. The largest absolute Gasteiger partial charge is 0.352 e. The zero-order valence-electron chi connectivity index (χ0n) is 12.2. The number of hydrogen-bond donors (Lipinski definition) is 1. The molecule has 2 aromatic rings. The van der Waals surface area contributed by atoms with Crippen LogP contribution >= 0.6 is 11.3 Å². The monoisotopic (exact) mass is 293 g/mol. The van der Waals surface area contributed by atoms with Gasteiger partial charge in [-0.1, -0.05) is 6.92 Å². The van der Waals surface area contributed by atoms with Crippen molar-refractivity contribution in [3.8, 4) is 0 Å². The minimum Gasteiger partial charge on any atom is -0.352 e. The van der Waals surface area contributed by atoms with Crippen LogP contribution in [0.2, 0.25) is 0 Å². The highest BCUT2D eigenvalue weighted by atomic mass is 32.1. The molecule has 110 valence electrons. The molecule has 1 saturated heterocycles. The maximum Gasteiger partial charge on any atom is 0.195 e. The van der Waals surface area contributed by atoms with Gasteiger partial charge in [-0.25, -0.2) is 4.98 Å². The van der Waals surface area contributed by atoms with Crippen LogP contribution in [-0.4, -0.2) is 53.6 Å². The van der Waals surface area contributed by atoms with E-state index in [-0.39, 0.29) is 0 Å². The van der Waals surface area contributed by atoms with Gasteiger partial charge in [0.15, 0.2) is 10.8 Å². The summed E-state index contributed by atoms with van der Waals surface area (Å²) in [7, 11) is 2.22. The SMILES string of the molecule is CCC1CN(c2nc3sccn3c2CCN)CCN1C. The summed E-state index contributed by atoms with van der Waals surface area (Å²) in [5.74, 6) is 1.15. The maximum absolute atomic E-state index is 5.79. The summed E-state index contributed by atoms with van der Waals surface area (Å²) in [4.78, 5) is 10.8. The van der Waals surface area contributed by atoms with E-state index in [1.165, 1.54) is 12.1 Å². The zero-order valence-corrected chi connectivity index (χ0v) is 13.1. The first-order valence-electron chi connectivity index (χ1n) is 7.34. The zero-order chi connectivity index (χ0) is 14.1. The van der Waals surface area contributed by atoms with Gasteiger partial charge in [0, 0.05) is 43.7 Å². The summed E-state index contributed by atoms with van der Waals surface area (Å²) in [6.45, 7) is 6.15. The molecule has 2 aromatic heterocycles. The second kappa shape index (κ2) is 5.71. The van der Waals surface area contributed by atoms with Crippen LogP contribution in [0.3, 0.4) is 0 Å². The molecule has 20 heavy (non-hydrogen) atoms. The number of nitrogens with zero attached hydrogens (tertiary/aromatic N) is 4. The third kappa shape index (κ3) is 2.32. The lowest BCUT2D eigenvalue weighted by Gasteiger charge is -2.39. The van der Waals surface area contributed by atoms with Gasteiger partial charge in [0.05, 0.1) is 5.69 Å². The molecular weight excluding hydrogens is 270 g/mol. The second-order valence-corrected chi connectivity index (χ2v) is 6.34. The van der Waals surface area contributed by atoms with E-state index in [0.29, 0.717) is 12.6 Å². The van der Waals surface area contributed by atoms with Crippen molar-refractivity contribution in [3.63, 3.8) is 0 Å². The number of anilines is 1. The molecule has 6 heteroatoms. The van der Waals surface area contributed by atoms with E-state index in [1.807, 2.05) is 0 Å². The van der Waals surface area contributed by atoms with Gasteiger partial charge < -0.3 is 10.6 Å². The molecule has 1 aliphatic heterocycles. The van der Waals surface area contributed by atoms with Crippen LogP contribution in [0.1, 0.15) is 19.0 Å². The molecule has 3 heterocycles. The van der Waals surface area contributed by atoms with E-state index in [9.17, 15) is 0 Å². The number of rotatable bonds is 4. The number of nitrogens with two attached hydrogens (primary N) is 1. The van der Waals surface area contributed by atoms with Crippen molar-refractivity contribution < 1.29 is 0 Å². The fraction of sp³-hybridized carbons (Fsp3) is 0.643. The third-order valence-corrected chi connectivity index (χ3v) is 5.03. The lowest BCUT2D eigenvalue weighted by Crippen LogP contribution is -2.51. The number of aromatic nitrogens is 2. The topological polar surface area (TPSA) is 49.8 Å². The lowest BCUT2D eigenvalue weighted by molar-refractivity contribution is 0.213. The van der Waals surface area contributed by atoms with Crippen molar-refractivity contribution in [1.29, 1.82) is 0 Å². The molecule has 0 spiro atoms. The highest BCUT2D eigenvalue weighted by Gasteiger charge is 2.26. The maximum atomic E-state index is 5.79. The number of piperazine rings is 1. The summed E-state index contributed by atoms with van der Waals surface area (Å²) in [6, 6.07) is 0.620. The summed E-state index contributed by atoms with van der Waals surface area (Å²) < 4.78 is 2.20. The van der Waals surface area contributed by atoms with Crippen LogP contribution in [0.15, 0.2) is 11.6 Å². The van der Waals surface area contributed by atoms with Crippen molar-refractivity contribution in [1.82, 2.24) is 14.3 Å². The van der Waals surface area contributed by atoms with E-state index >= 15 is 0 Å². The summed E-state index contributed by atoms with van der Waals surface area (Å²) in [5, 5.41) is 2.09. The molecule has 3 rings (SSSR count). The molecule has 0 saturated carbocycles. The third-order valence-electron chi connectivity index (χ3n) is 4.27. The van der Waals surface area contributed by atoms with Gasteiger partial charge in [-0.2, -0.15) is 0 Å². The first-order chi connectivity index (χ1) is 9.74. The smallest absolute Gasteiger partial charge is 0.195 e. The Balaban J connectivity index is 1.92. The van der Waals surface area contributed by atoms with Crippen LogP contribution in [0.4, 0.5) is 5.82 Å². The molecule has 2 N–H and O–H groups in total. The molecule has 1 fully saturated rings. The number of likely N-dealkylation sites (N-methyl/N-ethyl adjacent to an activating group) is 1. The van der Waals surface area contributed by atoms with Crippen molar-refractivity contribution in [2.75, 3.05) is 38.1 Å². The Labute approximate surface area is 124 Å². The summed E-state index contributed by atoms with van der Waals surface area (Å²) >= 11 is 1.69. The Hall–Kier alpha value is -1.11. The van der Waals surface area contributed by atoms with Crippen LogP contribution in [0, 0.1) is 0 Å². The Kier molecular flexibility index (Phi) is 3.96. The number of imidazole rings is 1. The van der Waals surface area contributed by atoms with E-state index < -0.39 is 0 Å². The van der Waals surface area contributed by atoms with Crippen LogP contribution < -0.4 is 10.6 Å². The van der Waals surface area contributed by atoms with E-state index in [4.69, 9.17) is 10.7 Å². The number of hydrogen-bond acceptors (Lipinski definition) is 5. The van der Waals surface area contributed by atoms with Gasteiger partial charge in [-0.05, 0) is 20.0 Å². The first kappa shape index (κ1) is 13.9.